The third-order valence-electron chi connectivity index (χ3n) is 4.00. The Labute approximate surface area is 110 Å². The van der Waals surface area contributed by atoms with Crippen LogP contribution < -0.4 is 5.73 Å². The molecule has 0 saturated carbocycles. The van der Waals surface area contributed by atoms with Crippen LogP contribution in [0.2, 0.25) is 0 Å². The molecule has 18 heavy (non-hydrogen) atoms. The molecule has 0 radical (unpaired) electrons. The van der Waals surface area contributed by atoms with Crippen LogP contribution in [0, 0.1) is 25.2 Å². The van der Waals surface area contributed by atoms with Gasteiger partial charge in [0.2, 0.25) is 0 Å². The van der Waals surface area contributed by atoms with Gasteiger partial charge in [0.1, 0.15) is 11.9 Å². The van der Waals surface area contributed by atoms with Crippen LogP contribution in [0.3, 0.4) is 0 Å². The van der Waals surface area contributed by atoms with Crippen molar-refractivity contribution in [1.82, 2.24) is 9.47 Å². The van der Waals surface area contributed by atoms with Crippen molar-refractivity contribution in [1.29, 1.82) is 5.26 Å². The van der Waals surface area contributed by atoms with Gasteiger partial charge in [0.05, 0.1) is 5.56 Å². The zero-order valence-corrected chi connectivity index (χ0v) is 12.1. The molecule has 1 heterocycles. The van der Waals surface area contributed by atoms with Crippen LogP contribution in [-0.4, -0.2) is 29.1 Å². The standard InChI is InChI=1S/C14H24N4/c1-6-10(2)17(5)7-8-18-12(4)11(3)13(9-15)14(18)16/h10H,6-8,16H2,1-5H3. The number of nitrogens with two attached hydrogens (primary N) is 1. The fourth-order valence-corrected chi connectivity index (χ4v) is 2.11. The minimum absolute atomic E-state index is 0.568. The summed E-state index contributed by atoms with van der Waals surface area (Å²) in [5.41, 5.74) is 8.76. The third-order valence-corrected chi connectivity index (χ3v) is 4.00. The minimum atomic E-state index is 0.568. The average Bonchev–Trinajstić information content (AvgIpc) is 2.57. The maximum atomic E-state index is 9.09. The first-order valence-corrected chi connectivity index (χ1v) is 6.49. The fourth-order valence-electron chi connectivity index (χ4n) is 2.11. The molecule has 1 unspecified atom stereocenters. The van der Waals surface area contributed by atoms with Gasteiger partial charge in [-0.2, -0.15) is 5.26 Å². The summed E-state index contributed by atoms with van der Waals surface area (Å²) in [6, 6.07) is 2.76. The van der Waals surface area contributed by atoms with Gasteiger partial charge in [0, 0.05) is 24.8 Å². The van der Waals surface area contributed by atoms with Crippen LogP contribution in [-0.2, 0) is 6.54 Å². The average molecular weight is 248 g/mol. The lowest BCUT2D eigenvalue weighted by Crippen LogP contribution is -2.31. The van der Waals surface area contributed by atoms with Crippen LogP contribution >= 0.6 is 0 Å². The first-order valence-electron chi connectivity index (χ1n) is 6.49. The summed E-state index contributed by atoms with van der Waals surface area (Å²) in [6.45, 7) is 10.2. The van der Waals surface area contributed by atoms with Gasteiger partial charge in [-0.05, 0) is 39.8 Å². The third kappa shape index (κ3) is 2.68. The van der Waals surface area contributed by atoms with Gasteiger partial charge in [-0.25, -0.2) is 0 Å². The van der Waals surface area contributed by atoms with Crippen molar-refractivity contribution in [3.8, 4) is 6.07 Å². The number of nitrogen functional groups attached to an aromatic ring is 1. The highest BCUT2D eigenvalue weighted by Gasteiger charge is 2.15. The van der Waals surface area contributed by atoms with Gasteiger partial charge in [-0.1, -0.05) is 6.92 Å². The molecule has 1 aromatic heterocycles. The van der Waals surface area contributed by atoms with Gasteiger partial charge in [0.25, 0.3) is 0 Å². The predicted octanol–water partition coefficient (Wildman–Crippen LogP) is 2.29. The summed E-state index contributed by atoms with van der Waals surface area (Å²) >= 11 is 0. The quantitative estimate of drug-likeness (QED) is 0.869. The smallest absolute Gasteiger partial charge is 0.122 e. The Morgan fingerprint density at radius 3 is 2.50 bits per heavy atom. The zero-order valence-electron chi connectivity index (χ0n) is 12.1. The van der Waals surface area contributed by atoms with Gasteiger partial charge in [0.15, 0.2) is 0 Å². The maximum Gasteiger partial charge on any atom is 0.122 e. The molecule has 0 spiro atoms. The largest absolute Gasteiger partial charge is 0.384 e. The number of anilines is 1. The normalized spacial score (nSPS) is 12.7. The molecular weight excluding hydrogens is 224 g/mol. The minimum Gasteiger partial charge on any atom is -0.384 e. The van der Waals surface area contributed by atoms with Crippen molar-refractivity contribution in [2.75, 3.05) is 19.3 Å². The van der Waals surface area contributed by atoms with Crippen molar-refractivity contribution < 1.29 is 0 Å². The van der Waals surface area contributed by atoms with Crippen LogP contribution in [0.5, 0.6) is 0 Å². The molecule has 0 fully saturated rings. The summed E-state index contributed by atoms with van der Waals surface area (Å²) in [7, 11) is 2.13. The Balaban J connectivity index is 2.84. The van der Waals surface area contributed by atoms with E-state index < -0.39 is 0 Å². The monoisotopic (exact) mass is 248 g/mol. The highest BCUT2D eigenvalue weighted by atomic mass is 15.2. The Morgan fingerprint density at radius 1 is 1.44 bits per heavy atom. The SMILES string of the molecule is CCC(C)N(C)CCn1c(C)c(C)c(C#N)c1N. The van der Waals surface area contributed by atoms with Gasteiger partial charge >= 0.3 is 0 Å². The molecule has 4 heteroatoms. The topological polar surface area (TPSA) is 58.0 Å². The number of hydrogen-bond donors (Lipinski definition) is 1. The molecule has 1 rings (SSSR count). The molecule has 0 aliphatic heterocycles. The van der Waals surface area contributed by atoms with Crippen molar-refractivity contribution in [2.24, 2.45) is 0 Å². The first kappa shape index (κ1) is 14.6. The number of nitriles is 1. The summed E-state index contributed by atoms with van der Waals surface area (Å²) in [6.07, 6.45) is 1.14. The van der Waals surface area contributed by atoms with Gasteiger partial charge < -0.3 is 15.2 Å². The van der Waals surface area contributed by atoms with E-state index >= 15 is 0 Å². The van der Waals surface area contributed by atoms with E-state index in [1.807, 2.05) is 18.4 Å². The van der Waals surface area contributed by atoms with Crippen LogP contribution in [0.15, 0.2) is 0 Å². The molecule has 1 aromatic rings. The molecule has 2 N–H and O–H groups in total. The van der Waals surface area contributed by atoms with Crippen molar-refractivity contribution in [3.05, 3.63) is 16.8 Å². The van der Waals surface area contributed by atoms with E-state index in [0.717, 1.165) is 30.8 Å². The molecule has 0 aliphatic rings. The number of rotatable bonds is 5. The highest BCUT2D eigenvalue weighted by Crippen LogP contribution is 2.23. The Kier molecular flexibility index (Phi) is 4.80. The Bertz CT molecular complexity index is 453. The van der Waals surface area contributed by atoms with E-state index in [2.05, 4.69) is 31.9 Å². The second kappa shape index (κ2) is 5.92. The van der Waals surface area contributed by atoms with E-state index in [0.29, 0.717) is 17.4 Å². The van der Waals surface area contributed by atoms with Crippen molar-refractivity contribution in [2.45, 2.75) is 46.7 Å². The number of nitrogens with zero attached hydrogens (tertiary/aromatic N) is 3. The summed E-state index contributed by atoms with van der Waals surface area (Å²) in [4.78, 5) is 2.32. The molecule has 4 nitrogen and oxygen atoms in total. The summed E-state index contributed by atoms with van der Waals surface area (Å²) in [5.74, 6) is 0.602. The molecule has 1 atom stereocenters. The molecule has 0 aromatic carbocycles. The molecule has 0 aliphatic carbocycles. The lowest BCUT2D eigenvalue weighted by molar-refractivity contribution is 0.242. The predicted molar refractivity (Wildman–Crippen MR) is 75.4 cm³/mol. The lowest BCUT2D eigenvalue weighted by Gasteiger charge is -2.24. The van der Waals surface area contributed by atoms with Crippen molar-refractivity contribution in [3.63, 3.8) is 0 Å². The second-order valence-electron chi connectivity index (χ2n) is 4.97. The molecule has 0 saturated heterocycles. The summed E-state index contributed by atoms with van der Waals surface area (Å²) in [5, 5.41) is 9.09. The molecule has 0 bridgehead atoms. The van der Waals surface area contributed by atoms with Crippen LogP contribution in [0.25, 0.3) is 0 Å². The number of hydrogen-bond acceptors (Lipinski definition) is 3. The van der Waals surface area contributed by atoms with Gasteiger partial charge in [-0.15, -0.1) is 0 Å². The van der Waals surface area contributed by atoms with E-state index in [1.54, 1.807) is 0 Å². The fraction of sp³-hybridized carbons (Fsp3) is 0.643. The van der Waals surface area contributed by atoms with Crippen LogP contribution in [0.1, 0.15) is 37.1 Å². The first-order chi connectivity index (χ1) is 8.43. The molecule has 0 amide bonds. The lowest BCUT2D eigenvalue weighted by atomic mass is 10.2. The Hall–Kier alpha value is -1.47. The number of aromatic nitrogens is 1. The molecule has 100 valence electrons. The second-order valence-corrected chi connectivity index (χ2v) is 4.97. The van der Waals surface area contributed by atoms with E-state index in [-0.39, 0.29) is 0 Å². The maximum absolute atomic E-state index is 9.09. The van der Waals surface area contributed by atoms with Crippen molar-refractivity contribution >= 4 is 5.82 Å². The van der Waals surface area contributed by atoms with E-state index in [4.69, 9.17) is 11.0 Å². The summed E-state index contributed by atoms with van der Waals surface area (Å²) < 4.78 is 2.05. The molecular formula is C14H24N4. The van der Waals surface area contributed by atoms with E-state index in [1.165, 1.54) is 0 Å². The highest BCUT2D eigenvalue weighted by molar-refractivity contribution is 5.57. The zero-order chi connectivity index (χ0) is 13.9. The van der Waals surface area contributed by atoms with Crippen LogP contribution in [0.4, 0.5) is 5.82 Å². The number of likely N-dealkylation sites (N-methyl/N-ethyl adjacent to an activating group) is 1. The van der Waals surface area contributed by atoms with Gasteiger partial charge in [-0.3, -0.25) is 0 Å². The van der Waals surface area contributed by atoms with E-state index in [9.17, 15) is 0 Å². The Morgan fingerprint density at radius 2 is 2.06 bits per heavy atom.